The van der Waals surface area contributed by atoms with Crippen molar-refractivity contribution in [2.24, 2.45) is 0 Å². The van der Waals surface area contributed by atoms with Crippen molar-refractivity contribution in [3.8, 4) is 0 Å². The van der Waals surface area contributed by atoms with Gasteiger partial charge in [0.1, 0.15) is 5.82 Å². The molecule has 0 aliphatic heterocycles. The molecule has 0 unspecified atom stereocenters. The van der Waals surface area contributed by atoms with Gasteiger partial charge in [-0.2, -0.15) is 0 Å². The second kappa shape index (κ2) is 5.71. The van der Waals surface area contributed by atoms with Gasteiger partial charge in [0.15, 0.2) is 5.78 Å². The van der Waals surface area contributed by atoms with Crippen LogP contribution in [0.5, 0.6) is 0 Å². The van der Waals surface area contributed by atoms with Gasteiger partial charge in [-0.05, 0) is 30.3 Å². The van der Waals surface area contributed by atoms with E-state index in [-0.39, 0.29) is 17.4 Å². The van der Waals surface area contributed by atoms with E-state index in [2.05, 4.69) is 5.32 Å². The molecule has 98 valence electrons. The molecule has 0 atom stereocenters. The van der Waals surface area contributed by atoms with Crippen molar-refractivity contribution in [3.05, 3.63) is 58.9 Å². The van der Waals surface area contributed by atoms with Crippen LogP contribution in [0, 0.1) is 5.82 Å². The maximum absolute atomic E-state index is 13.0. The van der Waals surface area contributed by atoms with Crippen molar-refractivity contribution in [2.45, 2.75) is 0 Å². The lowest BCUT2D eigenvalue weighted by atomic mass is 10.1. The first-order valence-corrected chi connectivity index (χ1v) is 6.02. The van der Waals surface area contributed by atoms with Crippen LogP contribution in [0.2, 0.25) is 5.02 Å². The Morgan fingerprint density at radius 2 is 2.05 bits per heavy atom. The third-order valence-electron chi connectivity index (χ3n) is 2.58. The van der Waals surface area contributed by atoms with Gasteiger partial charge >= 0.3 is 0 Å². The van der Waals surface area contributed by atoms with Gasteiger partial charge in [-0.25, -0.2) is 4.39 Å². The zero-order valence-electron chi connectivity index (χ0n) is 9.99. The van der Waals surface area contributed by atoms with E-state index >= 15 is 0 Å². The summed E-state index contributed by atoms with van der Waals surface area (Å²) in [5.74, 6) is -0.595. The molecule has 0 saturated heterocycles. The number of Topliss-reactive ketones (excluding diaryl/α,β-unsaturated/α-hetero) is 1. The summed E-state index contributed by atoms with van der Waals surface area (Å²) in [7, 11) is 0. The van der Waals surface area contributed by atoms with E-state index in [0.717, 1.165) is 0 Å². The Balaban J connectivity index is 2.02. The molecule has 2 rings (SSSR count). The summed E-state index contributed by atoms with van der Waals surface area (Å²) in [4.78, 5) is 11.9. The third kappa shape index (κ3) is 3.45. The van der Waals surface area contributed by atoms with E-state index < -0.39 is 5.82 Å². The SMILES string of the molecule is Nc1cccc(C(=O)CNc2ccc(F)c(Cl)c2)c1. The molecule has 5 heteroatoms. The van der Waals surface area contributed by atoms with Crippen LogP contribution in [0.1, 0.15) is 10.4 Å². The van der Waals surface area contributed by atoms with Gasteiger partial charge < -0.3 is 11.1 Å². The average Bonchev–Trinajstić information content (AvgIpc) is 2.40. The molecular weight excluding hydrogens is 267 g/mol. The largest absolute Gasteiger partial charge is 0.399 e. The fourth-order valence-corrected chi connectivity index (χ4v) is 1.78. The van der Waals surface area contributed by atoms with Crippen LogP contribution in [0.3, 0.4) is 0 Å². The first-order valence-electron chi connectivity index (χ1n) is 5.64. The zero-order valence-corrected chi connectivity index (χ0v) is 10.7. The number of anilines is 2. The van der Waals surface area contributed by atoms with Crippen LogP contribution >= 0.6 is 11.6 Å². The minimum Gasteiger partial charge on any atom is -0.399 e. The Morgan fingerprint density at radius 3 is 2.74 bits per heavy atom. The Bertz CT molecular complexity index is 616. The zero-order chi connectivity index (χ0) is 13.8. The molecule has 0 saturated carbocycles. The van der Waals surface area contributed by atoms with Gasteiger partial charge in [-0.15, -0.1) is 0 Å². The number of nitrogens with two attached hydrogens (primary N) is 1. The summed E-state index contributed by atoms with van der Waals surface area (Å²) in [6, 6.07) is 10.9. The lowest BCUT2D eigenvalue weighted by Gasteiger charge is -2.07. The summed E-state index contributed by atoms with van der Waals surface area (Å²) in [5, 5.41) is 2.90. The van der Waals surface area contributed by atoms with Gasteiger partial charge in [0.05, 0.1) is 11.6 Å². The minimum atomic E-state index is -0.491. The maximum Gasteiger partial charge on any atom is 0.181 e. The van der Waals surface area contributed by atoms with E-state index in [4.69, 9.17) is 17.3 Å². The monoisotopic (exact) mass is 278 g/mol. The number of benzene rings is 2. The normalized spacial score (nSPS) is 10.2. The highest BCUT2D eigenvalue weighted by molar-refractivity contribution is 6.31. The van der Waals surface area contributed by atoms with E-state index in [1.54, 1.807) is 24.3 Å². The lowest BCUT2D eigenvalue weighted by Crippen LogP contribution is -2.14. The number of carbonyl (C=O) groups excluding carboxylic acids is 1. The molecule has 0 aliphatic carbocycles. The highest BCUT2D eigenvalue weighted by Gasteiger charge is 2.06. The summed E-state index contributed by atoms with van der Waals surface area (Å²) < 4.78 is 13.0. The highest BCUT2D eigenvalue weighted by atomic mass is 35.5. The van der Waals surface area contributed by atoms with Gasteiger partial charge in [0, 0.05) is 16.9 Å². The Labute approximate surface area is 115 Å². The first-order chi connectivity index (χ1) is 9.06. The Morgan fingerprint density at radius 1 is 1.26 bits per heavy atom. The number of carbonyl (C=O) groups is 1. The molecule has 0 heterocycles. The molecule has 2 aromatic carbocycles. The number of ketones is 1. The first kappa shape index (κ1) is 13.4. The topological polar surface area (TPSA) is 55.1 Å². The van der Waals surface area contributed by atoms with Crippen molar-refractivity contribution >= 4 is 28.8 Å². The molecule has 0 aliphatic rings. The van der Waals surface area contributed by atoms with Gasteiger partial charge in [-0.1, -0.05) is 23.7 Å². The molecule has 3 nitrogen and oxygen atoms in total. The fourth-order valence-electron chi connectivity index (χ4n) is 1.60. The molecule has 0 fully saturated rings. The number of halogens is 2. The number of hydrogen-bond donors (Lipinski definition) is 2. The van der Waals surface area contributed by atoms with Gasteiger partial charge in [0.2, 0.25) is 0 Å². The molecule has 0 radical (unpaired) electrons. The summed E-state index contributed by atoms with van der Waals surface area (Å²) in [6.07, 6.45) is 0. The standard InChI is InChI=1S/C14H12ClFN2O/c15-12-7-11(4-5-13(12)16)18-8-14(19)9-2-1-3-10(17)6-9/h1-7,18H,8,17H2. The van der Waals surface area contributed by atoms with Crippen molar-refractivity contribution in [1.29, 1.82) is 0 Å². The smallest absolute Gasteiger partial charge is 0.181 e. The second-order valence-corrected chi connectivity index (χ2v) is 4.44. The van der Waals surface area contributed by atoms with E-state index in [0.29, 0.717) is 16.9 Å². The average molecular weight is 279 g/mol. The van der Waals surface area contributed by atoms with Crippen LogP contribution in [0.15, 0.2) is 42.5 Å². The van der Waals surface area contributed by atoms with Gasteiger partial charge in [0.25, 0.3) is 0 Å². The number of nitrogen functional groups attached to an aromatic ring is 1. The van der Waals surface area contributed by atoms with E-state index in [1.807, 2.05) is 0 Å². The molecule has 3 N–H and O–H groups in total. The molecule has 19 heavy (non-hydrogen) atoms. The Hall–Kier alpha value is -2.07. The molecule has 0 aromatic heterocycles. The van der Waals surface area contributed by atoms with Gasteiger partial charge in [-0.3, -0.25) is 4.79 Å². The molecule has 0 bridgehead atoms. The highest BCUT2D eigenvalue weighted by Crippen LogP contribution is 2.19. The Kier molecular flexibility index (Phi) is 4.02. The summed E-state index contributed by atoms with van der Waals surface area (Å²) >= 11 is 5.65. The number of hydrogen-bond acceptors (Lipinski definition) is 3. The van der Waals surface area contributed by atoms with Crippen LogP contribution in [0.25, 0.3) is 0 Å². The fraction of sp³-hybridized carbons (Fsp3) is 0.0714. The van der Waals surface area contributed by atoms with E-state index in [1.165, 1.54) is 18.2 Å². The predicted molar refractivity (Wildman–Crippen MR) is 75.1 cm³/mol. The second-order valence-electron chi connectivity index (χ2n) is 4.03. The summed E-state index contributed by atoms with van der Waals surface area (Å²) in [6.45, 7) is 0.0887. The van der Waals surface area contributed by atoms with Crippen molar-refractivity contribution in [3.63, 3.8) is 0 Å². The van der Waals surface area contributed by atoms with Crippen molar-refractivity contribution in [1.82, 2.24) is 0 Å². The van der Waals surface area contributed by atoms with Crippen LogP contribution in [0.4, 0.5) is 15.8 Å². The molecule has 0 spiro atoms. The summed E-state index contributed by atoms with van der Waals surface area (Å²) in [5.41, 5.74) is 7.26. The molecule has 2 aromatic rings. The maximum atomic E-state index is 13.0. The number of rotatable bonds is 4. The predicted octanol–water partition coefficient (Wildman–Crippen LogP) is 3.36. The van der Waals surface area contributed by atoms with Crippen LogP contribution < -0.4 is 11.1 Å². The van der Waals surface area contributed by atoms with E-state index in [9.17, 15) is 9.18 Å². The van der Waals surface area contributed by atoms with Crippen molar-refractivity contribution in [2.75, 3.05) is 17.6 Å². The van der Waals surface area contributed by atoms with Crippen LogP contribution in [-0.2, 0) is 0 Å². The molecule has 0 amide bonds. The third-order valence-corrected chi connectivity index (χ3v) is 2.87. The van der Waals surface area contributed by atoms with Crippen molar-refractivity contribution < 1.29 is 9.18 Å². The molecular formula is C14H12ClFN2O. The minimum absolute atomic E-state index is 0.0152. The lowest BCUT2D eigenvalue weighted by molar-refractivity contribution is 0.101. The van der Waals surface area contributed by atoms with Crippen LogP contribution in [-0.4, -0.2) is 12.3 Å². The number of nitrogens with one attached hydrogen (secondary N) is 1. The quantitative estimate of drug-likeness (QED) is 0.666.